The highest BCUT2D eigenvalue weighted by Crippen LogP contribution is 2.12. The molecule has 0 bridgehead atoms. The van der Waals surface area contributed by atoms with Crippen molar-refractivity contribution in [1.29, 1.82) is 0 Å². The van der Waals surface area contributed by atoms with Crippen molar-refractivity contribution in [2.24, 2.45) is 4.99 Å². The quantitative estimate of drug-likeness (QED) is 0.600. The summed E-state index contributed by atoms with van der Waals surface area (Å²) in [6.07, 6.45) is 1.80. The molecule has 0 saturated carbocycles. The predicted molar refractivity (Wildman–Crippen MR) is 80.5 cm³/mol. The van der Waals surface area contributed by atoms with Crippen LogP contribution in [0.3, 0.4) is 0 Å². The Morgan fingerprint density at radius 1 is 1.14 bits per heavy atom. The minimum absolute atomic E-state index is 0.0755. The largest absolute Gasteiger partial charge is 0.497 e. The van der Waals surface area contributed by atoms with E-state index >= 15 is 0 Å². The summed E-state index contributed by atoms with van der Waals surface area (Å²) < 4.78 is 17.8. The summed E-state index contributed by atoms with van der Waals surface area (Å²) >= 11 is 0. The number of ketones is 1. The highest BCUT2D eigenvalue weighted by atomic mass is 19.1. The van der Waals surface area contributed by atoms with Crippen LogP contribution in [0, 0.1) is 5.82 Å². The zero-order valence-corrected chi connectivity index (χ0v) is 11.8. The Labute approximate surface area is 123 Å². The fourth-order valence-electron chi connectivity index (χ4n) is 1.80. The molecule has 0 unspecified atom stereocenters. The molecule has 21 heavy (non-hydrogen) atoms. The number of halogens is 1. The van der Waals surface area contributed by atoms with Crippen molar-refractivity contribution in [3.05, 3.63) is 65.5 Å². The van der Waals surface area contributed by atoms with Crippen LogP contribution in [0.4, 0.5) is 4.39 Å². The zero-order chi connectivity index (χ0) is 15.1. The summed E-state index contributed by atoms with van der Waals surface area (Å²) in [4.78, 5) is 16.0. The lowest BCUT2D eigenvalue weighted by Crippen LogP contribution is -1.99. The van der Waals surface area contributed by atoms with Gasteiger partial charge in [-0.2, -0.15) is 0 Å². The first kappa shape index (κ1) is 14.9. The molecule has 2 rings (SSSR count). The van der Waals surface area contributed by atoms with E-state index in [2.05, 4.69) is 4.99 Å². The highest BCUT2D eigenvalue weighted by Gasteiger charge is 2.03. The third-order valence-electron chi connectivity index (χ3n) is 3.00. The van der Waals surface area contributed by atoms with E-state index in [1.165, 1.54) is 24.3 Å². The summed E-state index contributed by atoms with van der Waals surface area (Å²) in [5.41, 5.74) is 1.54. The number of ether oxygens (including phenoxy) is 1. The second-order valence-electron chi connectivity index (χ2n) is 4.51. The van der Waals surface area contributed by atoms with Gasteiger partial charge in [0, 0.05) is 18.2 Å². The second-order valence-corrected chi connectivity index (χ2v) is 4.51. The summed E-state index contributed by atoms with van der Waals surface area (Å²) in [5.74, 6) is 0.377. The van der Waals surface area contributed by atoms with Crippen molar-refractivity contribution in [2.75, 3.05) is 7.11 Å². The smallest absolute Gasteiger partial charge is 0.168 e. The van der Waals surface area contributed by atoms with E-state index in [4.69, 9.17) is 4.74 Å². The Bertz CT molecular complexity index is 618. The van der Waals surface area contributed by atoms with Gasteiger partial charge in [-0.3, -0.25) is 9.79 Å². The Morgan fingerprint density at radius 3 is 2.43 bits per heavy atom. The monoisotopic (exact) mass is 285 g/mol. The molecule has 0 N–H and O–H groups in total. The molecule has 0 fully saturated rings. The molecule has 0 aliphatic heterocycles. The highest BCUT2D eigenvalue weighted by molar-refractivity contribution is 6.03. The summed E-state index contributed by atoms with van der Waals surface area (Å²) in [6.45, 7) is 0.515. The van der Waals surface area contributed by atoms with E-state index in [0.29, 0.717) is 12.1 Å². The number of aliphatic imine (C=N–C) groups is 1. The average Bonchev–Trinajstić information content (AvgIpc) is 2.52. The number of hydrogen-bond donors (Lipinski definition) is 0. The van der Waals surface area contributed by atoms with Crippen molar-refractivity contribution in [2.45, 2.75) is 13.0 Å². The molecule has 2 aromatic carbocycles. The third kappa shape index (κ3) is 4.53. The van der Waals surface area contributed by atoms with Crippen LogP contribution in [0.1, 0.15) is 22.3 Å². The molecule has 0 spiro atoms. The van der Waals surface area contributed by atoms with Crippen LogP contribution in [0.25, 0.3) is 0 Å². The molecule has 0 radical (unpaired) electrons. The van der Waals surface area contributed by atoms with Gasteiger partial charge in [-0.25, -0.2) is 4.39 Å². The van der Waals surface area contributed by atoms with Gasteiger partial charge < -0.3 is 4.74 Å². The molecule has 0 aliphatic carbocycles. The number of carbonyl (C=O) groups is 1. The Hall–Kier alpha value is -2.49. The van der Waals surface area contributed by atoms with Crippen molar-refractivity contribution in [3.8, 4) is 5.75 Å². The van der Waals surface area contributed by atoms with Gasteiger partial charge >= 0.3 is 0 Å². The fourth-order valence-corrected chi connectivity index (χ4v) is 1.80. The van der Waals surface area contributed by atoms with E-state index in [1.54, 1.807) is 13.3 Å². The Morgan fingerprint density at radius 2 is 1.81 bits per heavy atom. The minimum Gasteiger partial charge on any atom is -0.497 e. The number of benzene rings is 2. The fraction of sp³-hybridized carbons (Fsp3) is 0.176. The molecule has 0 heterocycles. The van der Waals surface area contributed by atoms with Crippen LogP contribution in [-0.2, 0) is 6.54 Å². The maximum Gasteiger partial charge on any atom is 0.168 e. The van der Waals surface area contributed by atoms with E-state index in [1.807, 2.05) is 24.3 Å². The number of hydrogen-bond acceptors (Lipinski definition) is 3. The van der Waals surface area contributed by atoms with Crippen molar-refractivity contribution < 1.29 is 13.9 Å². The summed E-state index contributed by atoms with van der Waals surface area (Å²) in [7, 11) is 1.62. The van der Waals surface area contributed by atoms with Gasteiger partial charge in [0.05, 0.1) is 13.7 Å². The summed E-state index contributed by atoms with van der Waals surface area (Å²) in [6, 6.07) is 13.1. The first-order valence-corrected chi connectivity index (χ1v) is 6.59. The van der Waals surface area contributed by atoms with Crippen LogP contribution < -0.4 is 4.74 Å². The van der Waals surface area contributed by atoms with E-state index in [9.17, 15) is 9.18 Å². The molecule has 3 nitrogen and oxygen atoms in total. The number of Topliss-reactive ketones (excluding diaryl/α,β-unsaturated/α-hetero) is 1. The molecule has 4 heteroatoms. The zero-order valence-electron chi connectivity index (χ0n) is 11.8. The molecule has 0 aliphatic rings. The molecular weight excluding hydrogens is 269 g/mol. The molecule has 2 aromatic rings. The number of rotatable bonds is 6. The van der Waals surface area contributed by atoms with Crippen LogP contribution in [0.2, 0.25) is 0 Å². The van der Waals surface area contributed by atoms with Gasteiger partial charge in [0.25, 0.3) is 0 Å². The Kier molecular flexibility index (Phi) is 5.21. The lowest BCUT2D eigenvalue weighted by Gasteiger charge is -2.00. The van der Waals surface area contributed by atoms with E-state index in [0.717, 1.165) is 11.3 Å². The first-order valence-electron chi connectivity index (χ1n) is 6.59. The van der Waals surface area contributed by atoms with E-state index in [-0.39, 0.29) is 18.0 Å². The van der Waals surface area contributed by atoms with Gasteiger partial charge in [-0.15, -0.1) is 0 Å². The van der Waals surface area contributed by atoms with Gasteiger partial charge in [0.2, 0.25) is 0 Å². The first-order chi connectivity index (χ1) is 10.2. The van der Waals surface area contributed by atoms with Gasteiger partial charge in [0.1, 0.15) is 11.6 Å². The van der Waals surface area contributed by atoms with Gasteiger partial charge in [0.15, 0.2) is 5.78 Å². The van der Waals surface area contributed by atoms with Crippen molar-refractivity contribution >= 4 is 12.0 Å². The molecule has 0 aromatic heterocycles. The maximum atomic E-state index is 12.8. The van der Waals surface area contributed by atoms with Crippen molar-refractivity contribution in [1.82, 2.24) is 0 Å². The molecule has 0 amide bonds. The minimum atomic E-state index is -0.347. The molecule has 0 saturated heterocycles. The van der Waals surface area contributed by atoms with Crippen LogP contribution in [0.5, 0.6) is 5.75 Å². The molecular formula is C17H16FNO2. The second kappa shape index (κ2) is 7.33. The standard InChI is InChI=1S/C17H16FNO2/c1-21-16-8-2-13(3-9-16)12-19-11-10-17(20)14-4-6-15(18)7-5-14/h2-9,11H,10,12H2,1H3. The average molecular weight is 285 g/mol. The number of nitrogens with zero attached hydrogens (tertiary/aromatic N) is 1. The molecule has 0 atom stereocenters. The topological polar surface area (TPSA) is 38.7 Å². The number of carbonyl (C=O) groups excluding carboxylic acids is 1. The van der Waals surface area contributed by atoms with Crippen LogP contribution in [0.15, 0.2) is 53.5 Å². The maximum absolute atomic E-state index is 12.8. The van der Waals surface area contributed by atoms with E-state index < -0.39 is 0 Å². The summed E-state index contributed by atoms with van der Waals surface area (Å²) in [5, 5.41) is 0. The third-order valence-corrected chi connectivity index (χ3v) is 3.00. The number of methoxy groups -OCH3 is 1. The van der Waals surface area contributed by atoms with Gasteiger partial charge in [-0.1, -0.05) is 12.1 Å². The Balaban J connectivity index is 1.84. The van der Waals surface area contributed by atoms with Gasteiger partial charge in [-0.05, 0) is 42.0 Å². The SMILES string of the molecule is COc1ccc(CN=CCC(=O)c2ccc(F)cc2)cc1. The van der Waals surface area contributed by atoms with Crippen molar-refractivity contribution in [3.63, 3.8) is 0 Å². The molecule has 108 valence electrons. The van der Waals surface area contributed by atoms with Crippen LogP contribution in [-0.4, -0.2) is 19.1 Å². The normalized spacial score (nSPS) is 10.8. The predicted octanol–water partition coefficient (Wildman–Crippen LogP) is 3.68. The van der Waals surface area contributed by atoms with Crippen LogP contribution >= 0.6 is 0 Å². The lowest BCUT2D eigenvalue weighted by atomic mass is 10.1. The lowest BCUT2D eigenvalue weighted by molar-refractivity contribution is 0.100.